The van der Waals surface area contributed by atoms with Crippen LogP contribution in [0.2, 0.25) is 5.02 Å². The lowest BCUT2D eigenvalue weighted by molar-refractivity contribution is -0.142. The van der Waals surface area contributed by atoms with Gasteiger partial charge in [0.05, 0.1) is 18.8 Å². The van der Waals surface area contributed by atoms with Crippen LogP contribution >= 0.6 is 11.6 Å². The van der Waals surface area contributed by atoms with Gasteiger partial charge in [-0.1, -0.05) is 41.9 Å². The normalized spacial score (nSPS) is 12.5. The van der Waals surface area contributed by atoms with E-state index in [4.69, 9.17) is 16.3 Å². The summed E-state index contributed by atoms with van der Waals surface area (Å²) in [4.78, 5) is 17.1. The van der Waals surface area contributed by atoms with Gasteiger partial charge in [-0.05, 0) is 42.8 Å². The third-order valence-corrected chi connectivity index (χ3v) is 5.42. The number of fused-ring (bicyclic) bond motifs is 1. The molecule has 0 saturated heterocycles. The van der Waals surface area contributed by atoms with Crippen LogP contribution in [0.15, 0.2) is 60.7 Å². The Hall–Kier alpha value is -3.59. The van der Waals surface area contributed by atoms with Crippen LogP contribution in [-0.2, 0) is 6.18 Å². The highest BCUT2D eigenvalue weighted by molar-refractivity contribution is 6.36. The van der Waals surface area contributed by atoms with E-state index >= 15 is 0 Å². The molecule has 0 radical (unpaired) electrons. The summed E-state index contributed by atoms with van der Waals surface area (Å²) in [6.07, 6.45) is -4.76. The first-order valence-electron chi connectivity index (χ1n) is 9.85. The van der Waals surface area contributed by atoms with E-state index in [2.05, 4.69) is 15.4 Å². The molecule has 170 valence electrons. The van der Waals surface area contributed by atoms with E-state index in [1.54, 1.807) is 31.2 Å². The Kier molecular flexibility index (Phi) is 5.99. The number of ether oxygens (including phenoxy) is 1. The van der Waals surface area contributed by atoms with Crippen LogP contribution in [0, 0.1) is 0 Å². The number of amides is 1. The number of hydrogen-bond acceptors (Lipinski definition) is 4. The van der Waals surface area contributed by atoms with Gasteiger partial charge in [0.1, 0.15) is 10.8 Å². The van der Waals surface area contributed by atoms with Crippen LogP contribution < -0.4 is 10.1 Å². The van der Waals surface area contributed by atoms with Crippen molar-refractivity contribution < 1.29 is 22.7 Å². The molecule has 0 saturated carbocycles. The first kappa shape index (κ1) is 22.6. The minimum absolute atomic E-state index is 0.0314. The van der Waals surface area contributed by atoms with Gasteiger partial charge in [0.25, 0.3) is 5.91 Å². The molecule has 0 bridgehead atoms. The van der Waals surface area contributed by atoms with Gasteiger partial charge in [-0.15, -0.1) is 0 Å². The number of rotatable bonds is 5. The second-order valence-electron chi connectivity index (χ2n) is 7.26. The molecule has 2 aromatic heterocycles. The zero-order chi connectivity index (χ0) is 23.8. The second-order valence-corrected chi connectivity index (χ2v) is 7.63. The van der Waals surface area contributed by atoms with E-state index in [1.807, 2.05) is 30.3 Å². The number of hydrogen-bond donors (Lipinski definition) is 1. The van der Waals surface area contributed by atoms with Crippen LogP contribution in [0.1, 0.15) is 34.7 Å². The van der Waals surface area contributed by atoms with Gasteiger partial charge in [0.2, 0.25) is 0 Å². The van der Waals surface area contributed by atoms with Gasteiger partial charge in [0, 0.05) is 5.56 Å². The molecule has 10 heteroatoms. The lowest BCUT2D eigenvalue weighted by Crippen LogP contribution is -2.27. The molecule has 33 heavy (non-hydrogen) atoms. The zero-order valence-corrected chi connectivity index (χ0v) is 18.3. The van der Waals surface area contributed by atoms with Crippen molar-refractivity contribution in [3.63, 3.8) is 0 Å². The predicted octanol–water partition coefficient (Wildman–Crippen LogP) is 5.57. The fourth-order valence-corrected chi connectivity index (χ4v) is 3.58. The number of halogens is 4. The molecular formula is C23H18ClF3N4O2. The van der Waals surface area contributed by atoms with Gasteiger partial charge >= 0.3 is 6.18 Å². The van der Waals surface area contributed by atoms with Crippen LogP contribution in [0.25, 0.3) is 16.9 Å². The highest BCUT2D eigenvalue weighted by Crippen LogP contribution is 2.35. The van der Waals surface area contributed by atoms with Crippen molar-refractivity contribution in [2.45, 2.75) is 19.1 Å². The number of benzene rings is 2. The maximum atomic E-state index is 13.9. The van der Waals surface area contributed by atoms with Gasteiger partial charge in [-0.2, -0.15) is 18.3 Å². The lowest BCUT2D eigenvalue weighted by Gasteiger charge is -2.13. The number of carbonyl (C=O) groups is 1. The molecule has 2 heterocycles. The first-order valence-corrected chi connectivity index (χ1v) is 10.2. The highest BCUT2D eigenvalue weighted by atomic mass is 35.5. The van der Waals surface area contributed by atoms with Crippen LogP contribution in [-0.4, -0.2) is 27.6 Å². The van der Waals surface area contributed by atoms with E-state index in [-0.39, 0.29) is 22.1 Å². The molecule has 0 aliphatic heterocycles. The molecule has 1 atom stereocenters. The third-order valence-electron chi connectivity index (χ3n) is 5.07. The van der Waals surface area contributed by atoms with Crippen LogP contribution in [0.5, 0.6) is 5.75 Å². The first-order chi connectivity index (χ1) is 15.7. The Labute approximate surface area is 192 Å². The smallest absolute Gasteiger partial charge is 0.433 e. The third kappa shape index (κ3) is 4.49. The van der Waals surface area contributed by atoms with Crippen molar-refractivity contribution in [3.8, 4) is 17.0 Å². The van der Waals surface area contributed by atoms with Crippen molar-refractivity contribution in [3.05, 3.63) is 82.6 Å². The maximum Gasteiger partial charge on any atom is 0.433 e. The van der Waals surface area contributed by atoms with E-state index in [9.17, 15) is 18.0 Å². The molecule has 0 spiro atoms. The summed E-state index contributed by atoms with van der Waals surface area (Å²) in [5.74, 6) is -0.161. The van der Waals surface area contributed by atoms with Crippen molar-refractivity contribution in [1.82, 2.24) is 19.9 Å². The van der Waals surface area contributed by atoms with E-state index < -0.39 is 23.8 Å². The largest absolute Gasteiger partial charge is 0.497 e. The summed E-state index contributed by atoms with van der Waals surface area (Å²) in [5, 5.41) is 6.30. The average molecular weight is 475 g/mol. The molecule has 1 N–H and O–H groups in total. The van der Waals surface area contributed by atoms with E-state index in [0.717, 1.165) is 11.6 Å². The summed E-state index contributed by atoms with van der Waals surface area (Å²) < 4.78 is 47.2. The van der Waals surface area contributed by atoms with Gasteiger partial charge in [-0.25, -0.2) is 9.50 Å². The summed E-state index contributed by atoms with van der Waals surface area (Å²) in [6.45, 7) is 1.75. The van der Waals surface area contributed by atoms with Crippen molar-refractivity contribution in [2.75, 3.05) is 7.11 Å². The topological polar surface area (TPSA) is 68.5 Å². The SMILES string of the molecule is COc1ccc(-c2cc(C(F)(F)F)n3nc(C(=O)N[C@@H](C)c4ccccc4)c(Cl)c3n2)cc1. The molecular weight excluding hydrogens is 457 g/mol. The monoisotopic (exact) mass is 474 g/mol. The summed E-state index contributed by atoms with van der Waals surface area (Å²) in [7, 11) is 1.48. The Bertz CT molecular complexity index is 1310. The van der Waals surface area contributed by atoms with E-state index in [1.165, 1.54) is 7.11 Å². The summed E-state index contributed by atoms with van der Waals surface area (Å²) in [6, 6.07) is 15.9. The Morgan fingerprint density at radius 3 is 2.39 bits per heavy atom. The molecule has 2 aromatic carbocycles. The van der Waals surface area contributed by atoms with Gasteiger partial charge < -0.3 is 10.1 Å². The molecule has 0 fully saturated rings. The number of nitrogens with zero attached hydrogens (tertiary/aromatic N) is 3. The molecule has 0 aliphatic rings. The standard InChI is InChI=1S/C23H18ClF3N4O2/c1-13(14-6-4-3-5-7-14)28-22(32)20-19(24)21-29-17(15-8-10-16(33-2)11-9-15)12-18(23(25,26)27)31(21)30-20/h3-13H,1-2H3,(H,28,32)/t13-/m0/s1. The molecule has 4 aromatic rings. The van der Waals surface area contributed by atoms with E-state index in [0.29, 0.717) is 15.8 Å². The highest BCUT2D eigenvalue weighted by Gasteiger charge is 2.36. The Balaban J connectivity index is 1.78. The van der Waals surface area contributed by atoms with Crippen LogP contribution in [0.3, 0.4) is 0 Å². The number of aromatic nitrogens is 3. The average Bonchev–Trinajstić information content (AvgIpc) is 3.15. The number of carbonyl (C=O) groups excluding carboxylic acids is 1. The van der Waals surface area contributed by atoms with Crippen molar-refractivity contribution >= 4 is 23.2 Å². The molecule has 0 unspecified atom stereocenters. The summed E-state index contributed by atoms with van der Waals surface area (Å²) in [5.41, 5.74) is -0.440. The minimum Gasteiger partial charge on any atom is -0.497 e. The number of alkyl halides is 3. The lowest BCUT2D eigenvalue weighted by atomic mass is 10.1. The van der Waals surface area contributed by atoms with Crippen molar-refractivity contribution in [1.29, 1.82) is 0 Å². The van der Waals surface area contributed by atoms with Crippen LogP contribution in [0.4, 0.5) is 13.2 Å². The molecule has 6 nitrogen and oxygen atoms in total. The summed E-state index contributed by atoms with van der Waals surface area (Å²) >= 11 is 6.32. The minimum atomic E-state index is -4.76. The predicted molar refractivity (Wildman–Crippen MR) is 117 cm³/mol. The molecule has 4 rings (SSSR count). The zero-order valence-electron chi connectivity index (χ0n) is 17.5. The quantitative estimate of drug-likeness (QED) is 0.410. The molecule has 1 amide bonds. The van der Waals surface area contributed by atoms with Gasteiger partial charge in [0.15, 0.2) is 17.0 Å². The fraction of sp³-hybridized carbons (Fsp3) is 0.174. The maximum absolute atomic E-state index is 13.9. The number of methoxy groups -OCH3 is 1. The number of nitrogens with one attached hydrogen (secondary N) is 1. The Morgan fingerprint density at radius 1 is 1.12 bits per heavy atom. The van der Waals surface area contributed by atoms with Gasteiger partial charge in [-0.3, -0.25) is 4.79 Å². The molecule has 0 aliphatic carbocycles. The van der Waals surface area contributed by atoms with Crippen molar-refractivity contribution in [2.24, 2.45) is 0 Å². The fourth-order valence-electron chi connectivity index (χ4n) is 3.34. The Morgan fingerprint density at radius 2 is 1.79 bits per heavy atom. The second kappa shape index (κ2) is 8.74.